The van der Waals surface area contributed by atoms with Gasteiger partial charge in [0.25, 0.3) is 0 Å². The van der Waals surface area contributed by atoms with E-state index in [1.807, 2.05) is 6.07 Å². The van der Waals surface area contributed by atoms with Crippen LogP contribution in [0.2, 0.25) is 0 Å². The highest BCUT2D eigenvalue weighted by atomic mass is 19.1. The number of likely N-dealkylation sites (N-methyl/N-ethyl adjacent to an activating group) is 1. The van der Waals surface area contributed by atoms with Crippen LogP contribution in [0.15, 0.2) is 24.3 Å². The molecule has 0 radical (unpaired) electrons. The van der Waals surface area contributed by atoms with E-state index in [9.17, 15) is 4.39 Å². The Bertz CT molecular complexity index is 429. The van der Waals surface area contributed by atoms with Gasteiger partial charge in [-0.1, -0.05) is 12.1 Å². The Morgan fingerprint density at radius 3 is 2.89 bits per heavy atom. The maximum atomic E-state index is 13.2. The lowest BCUT2D eigenvalue weighted by atomic mass is 9.76. The van der Waals surface area contributed by atoms with Crippen LogP contribution in [0.1, 0.15) is 37.2 Å². The van der Waals surface area contributed by atoms with E-state index in [0.717, 1.165) is 24.9 Å². The molecule has 1 saturated heterocycles. The summed E-state index contributed by atoms with van der Waals surface area (Å²) in [5.74, 6) is 0.441. The fourth-order valence-electron chi connectivity index (χ4n) is 3.36. The second kappa shape index (κ2) is 5.59. The largest absolute Gasteiger partial charge is 0.312 e. The third kappa shape index (κ3) is 2.98. The molecule has 3 rings (SSSR count). The van der Waals surface area contributed by atoms with Crippen LogP contribution in [0.5, 0.6) is 0 Å². The van der Waals surface area contributed by atoms with Crippen molar-refractivity contribution < 1.29 is 4.39 Å². The molecular formula is C16H23FN2. The molecule has 0 amide bonds. The van der Waals surface area contributed by atoms with Gasteiger partial charge in [0.15, 0.2) is 0 Å². The van der Waals surface area contributed by atoms with E-state index >= 15 is 0 Å². The maximum absolute atomic E-state index is 13.2. The van der Waals surface area contributed by atoms with Gasteiger partial charge in [-0.25, -0.2) is 4.39 Å². The Morgan fingerprint density at radius 2 is 2.21 bits per heavy atom. The van der Waals surface area contributed by atoms with Crippen LogP contribution in [0.25, 0.3) is 0 Å². The molecule has 19 heavy (non-hydrogen) atoms. The van der Waals surface area contributed by atoms with Crippen LogP contribution in [0.3, 0.4) is 0 Å². The van der Waals surface area contributed by atoms with Gasteiger partial charge in [-0.2, -0.15) is 0 Å². The number of nitrogens with zero attached hydrogens (tertiary/aromatic N) is 1. The van der Waals surface area contributed by atoms with Gasteiger partial charge in [0.05, 0.1) is 0 Å². The molecule has 1 saturated carbocycles. The molecule has 104 valence electrons. The highest BCUT2D eigenvalue weighted by Crippen LogP contribution is 2.37. The molecule has 1 atom stereocenters. The third-order valence-electron chi connectivity index (χ3n) is 4.77. The van der Waals surface area contributed by atoms with Gasteiger partial charge in [-0.3, -0.25) is 0 Å². The van der Waals surface area contributed by atoms with Gasteiger partial charge < -0.3 is 10.2 Å². The number of benzene rings is 1. The number of hydrogen-bond donors (Lipinski definition) is 1. The number of nitrogens with one attached hydrogen (secondary N) is 1. The van der Waals surface area contributed by atoms with Gasteiger partial charge >= 0.3 is 0 Å². The van der Waals surface area contributed by atoms with E-state index in [1.54, 1.807) is 6.07 Å². The van der Waals surface area contributed by atoms with E-state index in [4.69, 9.17) is 0 Å². The second-order valence-corrected chi connectivity index (χ2v) is 6.11. The van der Waals surface area contributed by atoms with Crippen LogP contribution in [-0.2, 0) is 0 Å². The summed E-state index contributed by atoms with van der Waals surface area (Å²) in [6.07, 6.45) is 4.96. The summed E-state index contributed by atoms with van der Waals surface area (Å²) in [7, 11) is 2.22. The van der Waals surface area contributed by atoms with Crippen molar-refractivity contribution in [2.75, 3.05) is 20.1 Å². The highest BCUT2D eigenvalue weighted by Gasteiger charge is 2.31. The van der Waals surface area contributed by atoms with E-state index in [2.05, 4.69) is 23.3 Å². The highest BCUT2D eigenvalue weighted by molar-refractivity contribution is 5.23. The minimum atomic E-state index is -0.110. The first-order valence-electron chi connectivity index (χ1n) is 7.41. The molecule has 1 aromatic carbocycles. The standard InChI is InChI=1S/C16H23FN2/c1-19-7-3-6-16(19)11-18-15-9-13(10-15)12-4-2-5-14(17)8-12/h2,4-5,8,13,15-16,18H,3,6-7,9-11H2,1H3. The molecule has 1 aromatic rings. The summed E-state index contributed by atoms with van der Waals surface area (Å²) in [6, 6.07) is 8.42. The Kier molecular flexibility index (Phi) is 3.85. The van der Waals surface area contributed by atoms with Crippen LogP contribution < -0.4 is 5.32 Å². The van der Waals surface area contributed by atoms with Crippen LogP contribution >= 0.6 is 0 Å². The predicted octanol–water partition coefficient (Wildman–Crippen LogP) is 2.76. The summed E-state index contributed by atoms with van der Waals surface area (Å²) in [5.41, 5.74) is 1.16. The molecule has 1 heterocycles. The molecule has 2 aliphatic rings. The van der Waals surface area contributed by atoms with Crippen LogP contribution in [0.4, 0.5) is 4.39 Å². The van der Waals surface area contributed by atoms with Crippen LogP contribution in [0, 0.1) is 5.82 Å². The molecule has 3 heteroatoms. The average molecular weight is 262 g/mol. The molecule has 0 aromatic heterocycles. The van der Waals surface area contributed by atoms with Gasteiger partial charge in [-0.15, -0.1) is 0 Å². The van der Waals surface area contributed by atoms with E-state index < -0.39 is 0 Å². The lowest BCUT2D eigenvalue weighted by Gasteiger charge is -2.37. The first-order chi connectivity index (χ1) is 9.22. The van der Waals surface area contributed by atoms with Crippen LogP contribution in [-0.4, -0.2) is 37.1 Å². The minimum Gasteiger partial charge on any atom is -0.312 e. The van der Waals surface area contributed by atoms with Crippen molar-refractivity contribution in [2.24, 2.45) is 0 Å². The normalized spacial score (nSPS) is 31.4. The van der Waals surface area contributed by atoms with Gasteiger partial charge in [0, 0.05) is 18.6 Å². The molecule has 2 fully saturated rings. The van der Waals surface area contributed by atoms with Crippen molar-refractivity contribution in [2.45, 2.75) is 43.7 Å². The van der Waals surface area contributed by atoms with E-state index in [-0.39, 0.29) is 5.82 Å². The molecule has 2 nitrogen and oxygen atoms in total. The summed E-state index contributed by atoms with van der Waals surface area (Å²) >= 11 is 0. The molecular weight excluding hydrogens is 239 g/mol. The van der Waals surface area contributed by atoms with Crippen molar-refractivity contribution in [1.29, 1.82) is 0 Å². The number of hydrogen-bond acceptors (Lipinski definition) is 2. The Labute approximate surface area is 115 Å². The summed E-state index contributed by atoms with van der Waals surface area (Å²) in [6.45, 7) is 2.35. The monoisotopic (exact) mass is 262 g/mol. The van der Waals surface area contributed by atoms with E-state index in [1.165, 1.54) is 25.5 Å². The molecule has 0 spiro atoms. The molecule has 1 aliphatic carbocycles. The van der Waals surface area contributed by atoms with Crippen molar-refractivity contribution in [3.8, 4) is 0 Å². The smallest absolute Gasteiger partial charge is 0.123 e. The van der Waals surface area contributed by atoms with Gasteiger partial charge in [0.2, 0.25) is 0 Å². The first-order valence-corrected chi connectivity index (χ1v) is 7.41. The summed E-state index contributed by atoms with van der Waals surface area (Å²) in [4.78, 5) is 2.45. The zero-order valence-electron chi connectivity index (χ0n) is 11.6. The Hall–Kier alpha value is -0.930. The maximum Gasteiger partial charge on any atom is 0.123 e. The van der Waals surface area contributed by atoms with Crippen molar-refractivity contribution in [3.63, 3.8) is 0 Å². The van der Waals surface area contributed by atoms with Gasteiger partial charge in [-0.05, 0) is 62.9 Å². The topological polar surface area (TPSA) is 15.3 Å². The third-order valence-corrected chi connectivity index (χ3v) is 4.77. The number of likely N-dealkylation sites (tertiary alicyclic amines) is 1. The molecule has 1 unspecified atom stereocenters. The average Bonchev–Trinajstić information content (AvgIpc) is 2.73. The SMILES string of the molecule is CN1CCCC1CNC1CC(c2cccc(F)c2)C1. The number of halogens is 1. The Balaban J connectivity index is 1.43. The molecule has 1 N–H and O–H groups in total. The second-order valence-electron chi connectivity index (χ2n) is 6.11. The number of rotatable bonds is 4. The molecule has 0 bridgehead atoms. The predicted molar refractivity (Wildman–Crippen MR) is 75.8 cm³/mol. The molecule has 1 aliphatic heterocycles. The van der Waals surface area contributed by atoms with Crippen molar-refractivity contribution in [1.82, 2.24) is 10.2 Å². The fraction of sp³-hybridized carbons (Fsp3) is 0.625. The lowest BCUT2D eigenvalue weighted by molar-refractivity contribution is 0.244. The minimum absolute atomic E-state index is 0.110. The van der Waals surface area contributed by atoms with Gasteiger partial charge in [0.1, 0.15) is 5.82 Å². The van der Waals surface area contributed by atoms with Crippen molar-refractivity contribution in [3.05, 3.63) is 35.6 Å². The zero-order valence-corrected chi connectivity index (χ0v) is 11.6. The summed E-state index contributed by atoms with van der Waals surface area (Å²) in [5, 5.41) is 3.67. The lowest BCUT2D eigenvalue weighted by Crippen LogP contribution is -2.45. The zero-order chi connectivity index (χ0) is 13.2. The Morgan fingerprint density at radius 1 is 1.37 bits per heavy atom. The van der Waals surface area contributed by atoms with E-state index in [0.29, 0.717) is 18.0 Å². The van der Waals surface area contributed by atoms with Crippen molar-refractivity contribution >= 4 is 0 Å². The first kappa shape index (κ1) is 13.1. The summed E-state index contributed by atoms with van der Waals surface area (Å²) < 4.78 is 13.2. The quantitative estimate of drug-likeness (QED) is 0.897. The fourth-order valence-corrected chi connectivity index (χ4v) is 3.36.